The van der Waals surface area contributed by atoms with Crippen LogP contribution in [0.4, 0.5) is 5.69 Å². The number of carbonyl (C=O) groups excluding carboxylic acids is 3. The predicted octanol–water partition coefficient (Wildman–Crippen LogP) is 3.45. The first-order valence-corrected chi connectivity index (χ1v) is 9.01. The van der Waals surface area contributed by atoms with E-state index in [0.717, 1.165) is 5.56 Å². The number of benzene rings is 2. The van der Waals surface area contributed by atoms with Crippen LogP contribution in [0.5, 0.6) is 0 Å². The first-order chi connectivity index (χ1) is 13.0. The largest absolute Gasteiger partial charge is 0.433 e. The molecule has 2 aliphatic rings. The smallest absolute Gasteiger partial charge is 0.340 e. The van der Waals surface area contributed by atoms with Crippen LogP contribution in [-0.4, -0.2) is 28.7 Å². The Labute approximate surface area is 161 Å². The second-order valence-electron chi connectivity index (χ2n) is 6.67. The van der Waals surface area contributed by atoms with Crippen LogP contribution in [0.2, 0.25) is 5.02 Å². The van der Waals surface area contributed by atoms with Crippen LogP contribution >= 0.6 is 11.6 Å². The second kappa shape index (κ2) is 6.70. The number of carbonyl (C=O) groups is 3. The lowest BCUT2D eigenvalue weighted by Crippen LogP contribution is -2.43. The van der Waals surface area contributed by atoms with Gasteiger partial charge in [0.05, 0.1) is 16.3 Å². The first kappa shape index (κ1) is 17.5. The molecule has 138 valence electrons. The van der Waals surface area contributed by atoms with Crippen molar-refractivity contribution in [2.45, 2.75) is 32.0 Å². The molecule has 0 unspecified atom stereocenters. The number of anilines is 1. The maximum absolute atomic E-state index is 12.9. The zero-order valence-corrected chi connectivity index (χ0v) is 15.3. The number of esters is 1. The molecule has 2 aromatic carbocycles. The van der Waals surface area contributed by atoms with Crippen molar-refractivity contribution in [3.8, 4) is 0 Å². The van der Waals surface area contributed by atoms with Gasteiger partial charge in [-0.15, -0.1) is 0 Å². The van der Waals surface area contributed by atoms with Gasteiger partial charge in [0.2, 0.25) is 18.0 Å². The molecule has 0 aromatic heterocycles. The minimum atomic E-state index is -0.882. The number of fused-ring (bicyclic) bond motifs is 1. The zero-order chi connectivity index (χ0) is 19.1. The van der Waals surface area contributed by atoms with E-state index in [4.69, 9.17) is 16.3 Å². The van der Waals surface area contributed by atoms with Gasteiger partial charge in [-0.3, -0.25) is 14.5 Å². The molecule has 2 amide bonds. The van der Waals surface area contributed by atoms with Crippen molar-refractivity contribution in [2.75, 3.05) is 5.32 Å². The summed E-state index contributed by atoms with van der Waals surface area (Å²) in [5.74, 6) is -1.07. The third kappa shape index (κ3) is 3.06. The summed E-state index contributed by atoms with van der Waals surface area (Å²) in [7, 11) is 0. The molecule has 0 aliphatic carbocycles. The molecule has 2 aliphatic heterocycles. The Hall–Kier alpha value is -2.86. The number of nitrogens with zero attached hydrogens (tertiary/aromatic N) is 1. The third-order valence-electron chi connectivity index (χ3n) is 4.86. The highest BCUT2D eigenvalue weighted by Crippen LogP contribution is 2.38. The Bertz CT molecular complexity index is 959. The number of amides is 2. The van der Waals surface area contributed by atoms with Crippen molar-refractivity contribution in [2.24, 2.45) is 0 Å². The average Bonchev–Trinajstić information content (AvgIpc) is 3.18. The Balaban J connectivity index is 1.60. The number of ether oxygens (including phenoxy) is 1. The fourth-order valence-electron chi connectivity index (χ4n) is 3.52. The van der Waals surface area contributed by atoms with E-state index in [1.165, 1.54) is 4.90 Å². The van der Waals surface area contributed by atoms with E-state index >= 15 is 0 Å². The highest BCUT2D eigenvalue weighted by Gasteiger charge is 2.46. The van der Waals surface area contributed by atoms with E-state index in [0.29, 0.717) is 28.3 Å². The number of hydrogen-bond donors (Lipinski definition) is 1. The van der Waals surface area contributed by atoms with Gasteiger partial charge < -0.3 is 10.1 Å². The molecule has 0 saturated carbocycles. The number of hydrogen-bond acceptors (Lipinski definition) is 4. The van der Waals surface area contributed by atoms with Crippen molar-refractivity contribution in [1.29, 1.82) is 0 Å². The van der Waals surface area contributed by atoms with Gasteiger partial charge in [0.15, 0.2) is 0 Å². The Kier molecular flexibility index (Phi) is 4.36. The third-order valence-corrected chi connectivity index (χ3v) is 5.17. The molecule has 4 rings (SSSR count). The lowest BCUT2D eigenvalue weighted by molar-refractivity contribution is -0.144. The van der Waals surface area contributed by atoms with Crippen molar-refractivity contribution in [1.82, 2.24) is 4.90 Å². The molecule has 2 aromatic rings. The van der Waals surface area contributed by atoms with E-state index < -0.39 is 18.2 Å². The molecular weight excluding hydrogens is 368 g/mol. The highest BCUT2D eigenvalue weighted by atomic mass is 35.5. The number of rotatable bonds is 3. The highest BCUT2D eigenvalue weighted by molar-refractivity contribution is 6.33. The molecular formula is C20H17ClN2O4. The monoisotopic (exact) mass is 384 g/mol. The molecule has 1 N–H and O–H groups in total. The molecule has 0 spiro atoms. The summed E-state index contributed by atoms with van der Waals surface area (Å²) in [5, 5.41) is 3.21. The fraction of sp³-hybridized carbons (Fsp3) is 0.250. The normalized spacial score (nSPS) is 21.2. The summed E-state index contributed by atoms with van der Waals surface area (Å²) >= 11 is 6.19. The maximum atomic E-state index is 12.9. The Morgan fingerprint density at radius 3 is 2.78 bits per heavy atom. The zero-order valence-electron chi connectivity index (χ0n) is 14.6. The molecule has 2 atom stereocenters. The minimum Gasteiger partial charge on any atom is -0.433 e. The van der Waals surface area contributed by atoms with Gasteiger partial charge in [-0.05, 0) is 37.1 Å². The predicted molar refractivity (Wildman–Crippen MR) is 99.3 cm³/mol. The topological polar surface area (TPSA) is 75.7 Å². The molecule has 1 saturated heterocycles. The lowest BCUT2D eigenvalue weighted by Gasteiger charge is -2.29. The van der Waals surface area contributed by atoms with Crippen molar-refractivity contribution < 1.29 is 19.1 Å². The first-order valence-electron chi connectivity index (χ1n) is 8.64. The summed E-state index contributed by atoms with van der Waals surface area (Å²) in [4.78, 5) is 38.8. The van der Waals surface area contributed by atoms with Crippen LogP contribution in [-0.2, 0) is 14.3 Å². The molecule has 2 heterocycles. The van der Waals surface area contributed by atoms with E-state index in [-0.39, 0.29) is 18.2 Å². The standard InChI is InChI=1S/C20H17ClN2O4/c1-11-6-7-15(14(21)10-11)22-18(25)16-8-9-17(24)23(16)19-12-4-2-3-5-13(12)20(26)27-19/h2-7,10,16,19H,8-9H2,1H3,(H,22,25)/t16-,19+/m0/s1. The number of cyclic esters (lactones) is 1. The second-order valence-corrected chi connectivity index (χ2v) is 7.08. The van der Waals surface area contributed by atoms with Crippen LogP contribution in [0.1, 0.15) is 40.6 Å². The van der Waals surface area contributed by atoms with E-state index in [1.54, 1.807) is 36.4 Å². The summed E-state index contributed by atoms with van der Waals surface area (Å²) in [6.45, 7) is 1.90. The number of halogens is 1. The van der Waals surface area contributed by atoms with E-state index in [9.17, 15) is 14.4 Å². The molecule has 0 bridgehead atoms. The van der Waals surface area contributed by atoms with E-state index in [1.807, 2.05) is 13.0 Å². The van der Waals surface area contributed by atoms with Crippen LogP contribution in [0.3, 0.4) is 0 Å². The molecule has 1 fully saturated rings. The fourth-order valence-corrected chi connectivity index (χ4v) is 3.81. The van der Waals surface area contributed by atoms with Crippen LogP contribution in [0, 0.1) is 6.92 Å². The maximum Gasteiger partial charge on any atom is 0.340 e. The van der Waals surface area contributed by atoms with Crippen molar-refractivity contribution in [3.05, 3.63) is 64.2 Å². The van der Waals surface area contributed by atoms with Crippen molar-refractivity contribution in [3.63, 3.8) is 0 Å². The van der Waals surface area contributed by atoms with Crippen molar-refractivity contribution >= 4 is 35.1 Å². The lowest BCUT2D eigenvalue weighted by atomic mass is 10.1. The van der Waals surface area contributed by atoms with Gasteiger partial charge in [0.25, 0.3) is 0 Å². The number of likely N-dealkylation sites (tertiary alicyclic amines) is 1. The van der Waals surface area contributed by atoms with Gasteiger partial charge in [-0.1, -0.05) is 35.9 Å². The number of nitrogens with one attached hydrogen (secondary N) is 1. The van der Waals surface area contributed by atoms with Gasteiger partial charge in [0.1, 0.15) is 6.04 Å². The SMILES string of the molecule is Cc1ccc(NC(=O)[C@@H]2CCC(=O)N2[C@@H]2OC(=O)c3ccccc32)c(Cl)c1. The Morgan fingerprint density at radius 2 is 2.00 bits per heavy atom. The summed E-state index contributed by atoms with van der Waals surface area (Å²) in [6.07, 6.45) is -0.312. The summed E-state index contributed by atoms with van der Waals surface area (Å²) in [5.41, 5.74) is 2.48. The van der Waals surface area contributed by atoms with Gasteiger partial charge in [-0.2, -0.15) is 0 Å². The van der Waals surface area contributed by atoms with Gasteiger partial charge >= 0.3 is 5.97 Å². The molecule has 0 radical (unpaired) electrons. The van der Waals surface area contributed by atoms with Crippen LogP contribution < -0.4 is 5.32 Å². The van der Waals surface area contributed by atoms with Gasteiger partial charge in [-0.25, -0.2) is 4.79 Å². The summed E-state index contributed by atoms with van der Waals surface area (Å²) < 4.78 is 5.42. The quantitative estimate of drug-likeness (QED) is 0.822. The number of aryl methyl sites for hydroxylation is 1. The van der Waals surface area contributed by atoms with Gasteiger partial charge in [0, 0.05) is 12.0 Å². The van der Waals surface area contributed by atoms with E-state index in [2.05, 4.69) is 5.32 Å². The van der Waals surface area contributed by atoms with Crippen LogP contribution in [0.15, 0.2) is 42.5 Å². The average molecular weight is 385 g/mol. The molecule has 27 heavy (non-hydrogen) atoms. The van der Waals surface area contributed by atoms with Crippen LogP contribution in [0.25, 0.3) is 0 Å². The Morgan fingerprint density at radius 1 is 1.22 bits per heavy atom. The minimum absolute atomic E-state index is 0.218. The molecule has 7 heteroatoms. The summed E-state index contributed by atoms with van der Waals surface area (Å²) in [6, 6.07) is 11.5. The molecule has 6 nitrogen and oxygen atoms in total.